The van der Waals surface area contributed by atoms with E-state index in [-0.39, 0.29) is 23.9 Å². The van der Waals surface area contributed by atoms with E-state index in [0.717, 1.165) is 48.2 Å². The topological polar surface area (TPSA) is 121 Å². The molecule has 194 valence electrons. The SMILES string of the molecule is O=C(CCCCc1ccc2c(n1)CCCC2)NCCC(NC(=O)c1ncc(-c2ccccc2)s1)C(=O)O. The van der Waals surface area contributed by atoms with E-state index < -0.39 is 17.9 Å². The van der Waals surface area contributed by atoms with Gasteiger partial charge >= 0.3 is 5.97 Å². The van der Waals surface area contributed by atoms with Crippen molar-refractivity contribution in [2.75, 3.05) is 6.54 Å². The van der Waals surface area contributed by atoms with Gasteiger partial charge in [-0.3, -0.25) is 14.6 Å². The number of pyridine rings is 1. The van der Waals surface area contributed by atoms with Crippen LogP contribution in [0.25, 0.3) is 10.4 Å². The third kappa shape index (κ3) is 7.69. The van der Waals surface area contributed by atoms with Gasteiger partial charge < -0.3 is 15.7 Å². The summed E-state index contributed by atoms with van der Waals surface area (Å²) in [5, 5.41) is 15.0. The second-order valence-corrected chi connectivity index (χ2v) is 10.3. The van der Waals surface area contributed by atoms with Gasteiger partial charge in [0, 0.05) is 30.6 Å². The summed E-state index contributed by atoms with van der Waals surface area (Å²) in [5.74, 6) is -1.82. The average molecular weight is 521 g/mol. The lowest BCUT2D eigenvalue weighted by Gasteiger charge is -2.15. The zero-order valence-electron chi connectivity index (χ0n) is 20.7. The summed E-state index contributed by atoms with van der Waals surface area (Å²) in [5.41, 5.74) is 4.62. The van der Waals surface area contributed by atoms with Gasteiger partial charge in [0.15, 0.2) is 5.01 Å². The maximum Gasteiger partial charge on any atom is 0.326 e. The Hall–Kier alpha value is -3.59. The first-order valence-corrected chi connectivity index (χ1v) is 13.6. The van der Waals surface area contributed by atoms with Crippen LogP contribution < -0.4 is 10.6 Å². The lowest BCUT2D eigenvalue weighted by atomic mass is 9.95. The summed E-state index contributed by atoms with van der Waals surface area (Å²) < 4.78 is 0. The third-order valence-corrected chi connectivity index (χ3v) is 7.48. The summed E-state index contributed by atoms with van der Waals surface area (Å²) in [4.78, 5) is 46.2. The van der Waals surface area contributed by atoms with Crippen molar-refractivity contribution in [2.45, 2.75) is 63.8 Å². The molecular formula is C28H32N4O4S. The Morgan fingerprint density at radius 3 is 2.65 bits per heavy atom. The molecule has 37 heavy (non-hydrogen) atoms. The number of aliphatic carboxylic acids is 1. The van der Waals surface area contributed by atoms with E-state index in [1.165, 1.54) is 35.4 Å². The molecule has 2 amide bonds. The van der Waals surface area contributed by atoms with Crippen LogP contribution >= 0.6 is 11.3 Å². The highest BCUT2D eigenvalue weighted by atomic mass is 32.1. The van der Waals surface area contributed by atoms with E-state index in [2.05, 4.69) is 27.8 Å². The zero-order valence-corrected chi connectivity index (χ0v) is 21.6. The second kappa shape index (κ2) is 13.1. The standard InChI is InChI=1S/C28H32N4O4S/c33-25(13-7-5-11-21-15-14-19-8-4-6-12-22(19)31-21)29-17-16-23(28(35)36)32-26(34)27-30-18-24(37-27)20-9-2-1-3-10-20/h1-3,9-10,14-15,18,23H,4-8,11-13,16-17H2,(H,29,33)(H,32,34)(H,35,36). The van der Waals surface area contributed by atoms with Crippen molar-refractivity contribution in [3.8, 4) is 10.4 Å². The molecule has 4 rings (SSSR count). The molecule has 1 aliphatic carbocycles. The van der Waals surface area contributed by atoms with Gasteiger partial charge in [-0.2, -0.15) is 0 Å². The molecule has 0 bridgehead atoms. The van der Waals surface area contributed by atoms with Gasteiger partial charge in [-0.1, -0.05) is 36.4 Å². The molecule has 0 fully saturated rings. The minimum atomic E-state index is -1.15. The highest BCUT2D eigenvalue weighted by Crippen LogP contribution is 2.25. The van der Waals surface area contributed by atoms with Crippen LogP contribution in [0.1, 0.15) is 65.3 Å². The third-order valence-electron chi connectivity index (χ3n) is 6.44. The minimum absolute atomic E-state index is 0.0861. The van der Waals surface area contributed by atoms with E-state index in [1.54, 1.807) is 6.20 Å². The summed E-state index contributed by atoms with van der Waals surface area (Å²) in [6, 6.07) is 12.7. The van der Waals surface area contributed by atoms with Crippen molar-refractivity contribution in [1.82, 2.24) is 20.6 Å². The maximum absolute atomic E-state index is 12.6. The molecule has 0 saturated carbocycles. The molecule has 2 aromatic heterocycles. The van der Waals surface area contributed by atoms with Crippen molar-refractivity contribution in [3.05, 3.63) is 70.6 Å². The Kier molecular flexibility index (Phi) is 9.37. The Balaban J connectivity index is 1.16. The highest BCUT2D eigenvalue weighted by Gasteiger charge is 2.22. The zero-order chi connectivity index (χ0) is 26.0. The van der Waals surface area contributed by atoms with Crippen LogP contribution in [0, 0.1) is 0 Å². The molecule has 8 nitrogen and oxygen atoms in total. The van der Waals surface area contributed by atoms with Crippen LogP contribution in [0.15, 0.2) is 48.7 Å². The Bertz CT molecular complexity index is 1230. The number of hydrogen-bond donors (Lipinski definition) is 3. The number of nitrogens with one attached hydrogen (secondary N) is 2. The van der Waals surface area contributed by atoms with Gasteiger partial charge in [0.25, 0.3) is 5.91 Å². The van der Waals surface area contributed by atoms with Crippen LogP contribution in [-0.4, -0.2) is 45.4 Å². The molecule has 2 heterocycles. The van der Waals surface area contributed by atoms with Crippen molar-refractivity contribution < 1.29 is 19.5 Å². The van der Waals surface area contributed by atoms with E-state index in [4.69, 9.17) is 4.98 Å². The highest BCUT2D eigenvalue weighted by molar-refractivity contribution is 7.17. The van der Waals surface area contributed by atoms with Crippen LogP contribution in [0.2, 0.25) is 0 Å². The van der Waals surface area contributed by atoms with E-state index in [0.29, 0.717) is 6.42 Å². The number of carbonyl (C=O) groups is 3. The molecule has 0 radical (unpaired) electrons. The second-order valence-electron chi connectivity index (χ2n) is 9.22. The quantitative estimate of drug-likeness (QED) is 0.308. The van der Waals surface area contributed by atoms with E-state index in [9.17, 15) is 19.5 Å². The number of aromatic nitrogens is 2. The fourth-order valence-electron chi connectivity index (χ4n) is 4.39. The van der Waals surface area contributed by atoms with Crippen molar-refractivity contribution in [3.63, 3.8) is 0 Å². The number of aryl methyl sites for hydroxylation is 3. The molecule has 3 N–H and O–H groups in total. The molecule has 0 saturated heterocycles. The molecule has 1 aliphatic rings. The fourth-order valence-corrected chi connectivity index (χ4v) is 5.22. The Labute approximate surface area is 220 Å². The number of fused-ring (bicyclic) bond motifs is 1. The minimum Gasteiger partial charge on any atom is -0.480 e. The molecule has 3 aromatic rings. The number of carboxylic acid groups (broad SMARTS) is 1. The van der Waals surface area contributed by atoms with Crippen LogP contribution in [0.3, 0.4) is 0 Å². The number of amides is 2. The lowest BCUT2D eigenvalue weighted by Crippen LogP contribution is -2.43. The van der Waals surface area contributed by atoms with Crippen LogP contribution in [-0.2, 0) is 28.9 Å². The molecule has 1 atom stereocenters. The van der Waals surface area contributed by atoms with Crippen LogP contribution in [0.5, 0.6) is 0 Å². The summed E-state index contributed by atoms with van der Waals surface area (Å²) >= 11 is 1.20. The smallest absolute Gasteiger partial charge is 0.326 e. The van der Waals surface area contributed by atoms with Gasteiger partial charge in [0.1, 0.15) is 6.04 Å². The van der Waals surface area contributed by atoms with Gasteiger partial charge in [-0.25, -0.2) is 9.78 Å². The predicted molar refractivity (Wildman–Crippen MR) is 143 cm³/mol. The van der Waals surface area contributed by atoms with Gasteiger partial charge in [0.2, 0.25) is 5.91 Å². The summed E-state index contributed by atoms with van der Waals surface area (Å²) in [7, 11) is 0. The first-order chi connectivity index (χ1) is 18.0. The summed E-state index contributed by atoms with van der Waals surface area (Å²) in [6.45, 7) is 0.162. The number of carbonyl (C=O) groups excluding carboxylic acids is 2. The van der Waals surface area contributed by atoms with Crippen LogP contribution in [0.4, 0.5) is 0 Å². The molecule has 1 aromatic carbocycles. The van der Waals surface area contributed by atoms with Gasteiger partial charge in [0.05, 0.1) is 4.88 Å². The van der Waals surface area contributed by atoms with Gasteiger partial charge in [-0.05, 0) is 68.6 Å². The molecule has 1 unspecified atom stereocenters. The number of hydrogen-bond acceptors (Lipinski definition) is 6. The number of benzene rings is 1. The Morgan fingerprint density at radius 2 is 1.84 bits per heavy atom. The van der Waals surface area contributed by atoms with E-state index in [1.807, 2.05) is 30.3 Å². The molecule has 0 spiro atoms. The van der Waals surface area contributed by atoms with Crippen molar-refractivity contribution in [1.29, 1.82) is 0 Å². The van der Waals surface area contributed by atoms with Crippen molar-refractivity contribution >= 4 is 29.1 Å². The first kappa shape index (κ1) is 26.5. The van der Waals surface area contributed by atoms with Crippen molar-refractivity contribution in [2.24, 2.45) is 0 Å². The predicted octanol–water partition coefficient (Wildman–Crippen LogP) is 4.19. The number of carboxylic acids is 1. The summed E-state index contributed by atoms with van der Waals surface area (Å²) in [6.07, 6.45) is 9.13. The average Bonchev–Trinajstić information content (AvgIpc) is 3.41. The monoisotopic (exact) mass is 520 g/mol. The normalized spacial score (nSPS) is 13.4. The largest absolute Gasteiger partial charge is 0.480 e. The number of thiazole rings is 1. The fraction of sp³-hybridized carbons (Fsp3) is 0.393. The van der Waals surface area contributed by atoms with E-state index >= 15 is 0 Å². The number of rotatable bonds is 12. The number of nitrogens with zero attached hydrogens (tertiary/aromatic N) is 2. The molecule has 9 heteroatoms. The number of unbranched alkanes of at least 4 members (excludes halogenated alkanes) is 1. The lowest BCUT2D eigenvalue weighted by molar-refractivity contribution is -0.139. The molecular weight excluding hydrogens is 488 g/mol. The van der Waals surface area contributed by atoms with Gasteiger partial charge in [-0.15, -0.1) is 11.3 Å². The first-order valence-electron chi connectivity index (χ1n) is 12.8. The maximum atomic E-state index is 12.6. The molecule has 0 aliphatic heterocycles. The Morgan fingerprint density at radius 1 is 1.03 bits per heavy atom.